The fraction of sp³-hybridized carbons (Fsp3) is 0.0500. The van der Waals surface area contributed by atoms with E-state index in [1.807, 2.05) is 0 Å². The number of aromatic nitrogens is 1. The standard InChI is InChI=1S/C20H14N2O5S2/c1-29(25,26)18-8-3-2-5-13(18)17-9-16(23)12-6-4-7-14(19(12)27-17)22-20(24)15-10-28-11-21-15/h2-11H,1H3,(H,22,24). The second-order valence-corrected chi connectivity index (χ2v) is 8.96. The maximum absolute atomic E-state index is 12.7. The molecule has 7 nitrogen and oxygen atoms in total. The number of fused-ring (bicyclic) bond motifs is 1. The molecule has 0 fully saturated rings. The zero-order valence-electron chi connectivity index (χ0n) is 15.1. The Kier molecular flexibility index (Phi) is 4.77. The molecule has 0 bridgehead atoms. The van der Waals surface area contributed by atoms with Gasteiger partial charge in [0.05, 0.1) is 21.5 Å². The van der Waals surface area contributed by atoms with Crippen LogP contribution in [-0.4, -0.2) is 25.6 Å². The van der Waals surface area contributed by atoms with Crippen molar-refractivity contribution in [2.24, 2.45) is 0 Å². The molecule has 2 heterocycles. The first kappa shape index (κ1) is 19.0. The maximum Gasteiger partial charge on any atom is 0.275 e. The van der Waals surface area contributed by atoms with E-state index in [1.54, 1.807) is 47.3 Å². The van der Waals surface area contributed by atoms with Crippen LogP contribution < -0.4 is 10.7 Å². The summed E-state index contributed by atoms with van der Waals surface area (Å²) in [6.07, 6.45) is 1.09. The number of nitrogens with one attached hydrogen (secondary N) is 1. The lowest BCUT2D eigenvalue weighted by molar-refractivity contribution is 0.102. The lowest BCUT2D eigenvalue weighted by Gasteiger charge is -2.10. The highest BCUT2D eigenvalue weighted by atomic mass is 32.2. The first-order valence-electron chi connectivity index (χ1n) is 8.40. The van der Waals surface area contributed by atoms with Crippen molar-refractivity contribution in [1.82, 2.24) is 4.98 Å². The molecule has 0 radical (unpaired) electrons. The Labute approximate surface area is 169 Å². The Balaban J connectivity index is 1.90. The number of carbonyl (C=O) groups is 1. The van der Waals surface area contributed by atoms with E-state index in [1.165, 1.54) is 23.5 Å². The van der Waals surface area contributed by atoms with Crippen molar-refractivity contribution in [3.8, 4) is 11.3 Å². The Hall–Kier alpha value is -3.30. The number of carbonyl (C=O) groups excluding carboxylic acids is 1. The van der Waals surface area contributed by atoms with E-state index in [-0.39, 0.29) is 44.0 Å². The third-order valence-electron chi connectivity index (χ3n) is 4.22. The van der Waals surface area contributed by atoms with Gasteiger partial charge in [-0.1, -0.05) is 18.2 Å². The second kappa shape index (κ2) is 7.26. The molecule has 0 aliphatic rings. The van der Waals surface area contributed by atoms with Crippen molar-refractivity contribution in [2.75, 3.05) is 11.6 Å². The number of para-hydroxylation sites is 1. The van der Waals surface area contributed by atoms with E-state index in [0.717, 1.165) is 6.26 Å². The van der Waals surface area contributed by atoms with Crippen molar-refractivity contribution < 1.29 is 17.6 Å². The SMILES string of the molecule is CS(=O)(=O)c1ccccc1-c1cc(=O)c2cccc(NC(=O)c3cscn3)c2o1. The number of hydrogen-bond donors (Lipinski definition) is 1. The largest absolute Gasteiger partial charge is 0.454 e. The number of rotatable bonds is 4. The molecular weight excluding hydrogens is 412 g/mol. The lowest BCUT2D eigenvalue weighted by atomic mass is 10.1. The van der Waals surface area contributed by atoms with Crippen molar-refractivity contribution in [3.63, 3.8) is 0 Å². The predicted octanol–water partition coefficient (Wildman–Crippen LogP) is 3.57. The Bertz CT molecular complexity index is 1390. The fourth-order valence-electron chi connectivity index (χ4n) is 2.91. The summed E-state index contributed by atoms with van der Waals surface area (Å²) in [6.45, 7) is 0. The summed E-state index contributed by atoms with van der Waals surface area (Å²) in [5.41, 5.74) is 2.15. The summed E-state index contributed by atoms with van der Waals surface area (Å²) >= 11 is 1.29. The number of amides is 1. The predicted molar refractivity (Wildman–Crippen MR) is 111 cm³/mol. The van der Waals surface area contributed by atoms with Crippen LogP contribution in [0.1, 0.15) is 10.5 Å². The highest BCUT2D eigenvalue weighted by Crippen LogP contribution is 2.31. The van der Waals surface area contributed by atoms with E-state index >= 15 is 0 Å². The van der Waals surface area contributed by atoms with Gasteiger partial charge in [0, 0.05) is 23.3 Å². The molecule has 0 spiro atoms. The van der Waals surface area contributed by atoms with Crippen LogP contribution in [0.5, 0.6) is 0 Å². The summed E-state index contributed by atoms with van der Waals surface area (Å²) in [6, 6.07) is 12.3. The average molecular weight is 426 g/mol. The van der Waals surface area contributed by atoms with Crippen LogP contribution >= 0.6 is 11.3 Å². The van der Waals surface area contributed by atoms with Crippen LogP contribution in [0.3, 0.4) is 0 Å². The quantitative estimate of drug-likeness (QED) is 0.535. The minimum absolute atomic E-state index is 0.0477. The Morgan fingerprint density at radius 3 is 2.66 bits per heavy atom. The van der Waals surface area contributed by atoms with Crippen LogP contribution in [0, 0.1) is 0 Å². The average Bonchev–Trinajstić information content (AvgIpc) is 3.23. The fourth-order valence-corrected chi connectivity index (χ4v) is 4.34. The van der Waals surface area contributed by atoms with Gasteiger partial charge in [-0.15, -0.1) is 11.3 Å². The molecule has 0 aliphatic carbocycles. The summed E-state index contributed by atoms with van der Waals surface area (Å²) in [5, 5.41) is 4.56. The molecular formula is C20H14N2O5S2. The van der Waals surface area contributed by atoms with Crippen LogP contribution in [0.2, 0.25) is 0 Å². The first-order valence-corrected chi connectivity index (χ1v) is 11.2. The second-order valence-electron chi connectivity index (χ2n) is 6.25. The number of benzene rings is 2. The molecule has 146 valence electrons. The third kappa shape index (κ3) is 3.69. The topological polar surface area (TPSA) is 106 Å². The first-order chi connectivity index (χ1) is 13.8. The molecule has 0 saturated carbocycles. The molecule has 0 aliphatic heterocycles. The van der Waals surface area contributed by atoms with Gasteiger partial charge in [0.2, 0.25) is 0 Å². The summed E-state index contributed by atoms with van der Waals surface area (Å²) in [7, 11) is -3.55. The monoisotopic (exact) mass is 426 g/mol. The van der Waals surface area contributed by atoms with E-state index in [2.05, 4.69) is 10.3 Å². The van der Waals surface area contributed by atoms with Crippen molar-refractivity contribution >= 4 is 43.7 Å². The van der Waals surface area contributed by atoms with E-state index < -0.39 is 15.7 Å². The molecule has 0 atom stereocenters. The van der Waals surface area contributed by atoms with Crippen molar-refractivity contribution in [2.45, 2.75) is 4.90 Å². The van der Waals surface area contributed by atoms with Gasteiger partial charge in [0.1, 0.15) is 11.5 Å². The highest BCUT2D eigenvalue weighted by Gasteiger charge is 2.19. The van der Waals surface area contributed by atoms with Gasteiger partial charge in [-0.05, 0) is 24.3 Å². The molecule has 1 N–H and O–H groups in total. The smallest absolute Gasteiger partial charge is 0.275 e. The van der Waals surface area contributed by atoms with E-state index in [4.69, 9.17) is 4.42 Å². The number of sulfone groups is 1. The molecule has 1 amide bonds. The zero-order chi connectivity index (χ0) is 20.6. The maximum atomic E-state index is 12.7. The molecule has 2 aromatic carbocycles. The number of nitrogens with zero attached hydrogens (tertiary/aromatic N) is 1. The number of anilines is 1. The van der Waals surface area contributed by atoms with E-state index in [0.29, 0.717) is 0 Å². The van der Waals surface area contributed by atoms with Crippen molar-refractivity contribution in [1.29, 1.82) is 0 Å². The summed E-state index contributed by atoms with van der Waals surface area (Å²) in [4.78, 5) is 29.1. The molecule has 0 saturated heterocycles. The van der Waals surface area contributed by atoms with Gasteiger partial charge in [-0.3, -0.25) is 9.59 Å². The van der Waals surface area contributed by atoms with Crippen molar-refractivity contribution in [3.05, 3.63) is 75.3 Å². The van der Waals surface area contributed by atoms with Gasteiger partial charge >= 0.3 is 0 Å². The van der Waals surface area contributed by atoms with Crippen LogP contribution in [0.25, 0.3) is 22.3 Å². The lowest BCUT2D eigenvalue weighted by Crippen LogP contribution is -2.13. The minimum Gasteiger partial charge on any atom is -0.454 e. The van der Waals surface area contributed by atoms with Gasteiger partial charge in [0.25, 0.3) is 5.91 Å². The zero-order valence-corrected chi connectivity index (χ0v) is 16.7. The van der Waals surface area contributed by atoms with Crippen LogP contribution in [0.15, 0.2) is 73.5 Å². The highest BCUT2D eigenvalue weighted by molar-refractivity contribution is 7.90. The molecule has 4 aromatic rings. The number of hydrogen-bond acceptors (Lipinski definition) is 7. The molecule has 0 unspecified atom stereocenters. The molecule has 9 heteroatoms. The third-order valence-corrected chi connectivity index (χ3v) is 5.96. The summed E-state index contributed by atoms with van der Waals surface area (Å²) < 4.78 is 30.2. The molecule has 29 heavy (non-hydrogen) atoms. The molecule has 4 rings (SSSR count). The van der Waals surface area contributed by atoms with Gasteiger partial charge in [-0.25, -0.2) is 13.4 Å². The van der Waals surface area contributed by atoms with Crippen LogP contribution in [0.4, 0.5) is 5.69 Å². The van der Waals surface area contributed by atoms with Gasteiger partial charge < -0.3 is 9.73 Å². The van der Waals surface area contributed by atoms with Gasteiger partial charge in [0.15, 0.2) is 20.8 Å². The summed E-state index contributed by atoms with van der Waals surface area (Å²) in [5.74, 6) is -0.345. The molecule has 2 aromatic heterocycles. The van der Waals surface area contributed by atoms with E-state index in [9.17, 15) is 18.0 Å². The van der Waals surface area contributed by atoms with Crippen LogP contribution in [-0.2, 0) is 9.84 Å². The Morgan fingerprint density at radius 1 is 1.14 bits per heavy atom. The number of thiazole rings is 1. The Morgan fingerprint density at radius 2 is 1.93 bits per heavy atom. The normalized spacial score (nSPS) is 11.5. The minimum atomic E-state index is -3.55. The van der Waals surface area contributed by atoms with Gasteiger partial charge in [-0.2, -0.15) is 0 Å².